The van der Waals surface area contributed by atoms with Gasteiger partial charge in [-0.1, -0.05) is 18.2 Å². The van der Waals surface area contributed by atoms with Crippen molar-refractivity contribution in [1.29, 1.82) is 0 Å². The summed E-state index contributed by atoms with van der Waals surface area (Å²) in [6.07, 6.45) is 0. The molecule has 0 aliphatic carbocycles. The number of nitrogens with one attached hydrogen (secondary N) is 2. The average molecular weight is 273 g/mol. The van der Waals surface area contributed by atoms with Crippen molar-refractivity contribution in [3.05, 3.63) is 54.1 Å². The molecule has 0 unspecified atom stereocenters. The maximum Gasteiger partial charge on any atom is 0.195 e. The quantitative estimate of drug-likeness (QED) is 0.882. The number of nitrogens with zero attached hydrogens (tertiary/aromatic N) is 1. The lowest BCUT2D eigenvalue weighted by atomic mass is 10.0. The van der Waals surface area contributed by atoms with Gasteiger partial charge in [-0.15, -0.1) is 0 Å². The van der Waals surface area contributed by atoms with Gasteiger partial charge in [0, 0.05) is 29.4 Å². The summed E-state index contributed by atoms with van der Waals surface area (Å²) in [5, 5.41) is 6.22. The lowest BCUT2D eigenvalue weighted by molar-refractivity contribution is 0.585. The van der Waals surface area contributed by atoms with Gasteiger partial charge < -0.3 is 10.6 Å². The molecule has 0 bridgehead atoms. The van der Waals surface area contributed by atoms with E-state index < -0.39 is 11.6 Å². The third-order valence-electron chi connectivity index (χ3n) is 3.08. The van der Waals surface area contributed by atoms with E-state index in [1.165, 1.54) is 12.1 Å². The summed E-state index contributed by atoms with van der Waals surface area (Å²) in [5.74, 6) is -0.501. The van der Waals surface area contributed by atoms with Crippen molar-refractivity contribution in [2.24, 2.45) is 4.99 Å². The molecule has 102 valence electrons. The van der Waals surface area contributed by atoms with E-state index in [9.17, 15) is 8.78 Å². The van der Waals surface area contributed by atoms with Gasteiger partial charge in [0.15, 0.2) is 5.96 Å². The lowest BCUT2D eigenvalue weighted by Gasteiger charge is -2.13. The molecule has 2 N–H and O–H groups in total. The van der Waals surface area contributed by atoms with Gasteiger partial charge in [0.2, 0.25) is 0 Å². The van der Waals surface area contributed by atoms with Crippen LogP contribution in [0, 0.1) is 11.6 Å². The maximum absolute atomic E-state index is 13.9. The van der Waals surface area contributed by atoms with Crippen molar-refractivity contribution in [3.63, 3.8) is 0 Å². The van der Waals surface area contributed by atoms with E-state index >= 15 is 0 Å². The Hall–Kier alpha value is -2.43. The minimum absolute atomic E-state index is 0.355. The number of halogens is 2. The van der Waals surface area contributed by atoms with Gasteiger partial charge in [-0.2, -0.15) is 0 Å². The first kappa shape index (κ1) is 12.6. The summed E-state index contributed by atoms with van der Waals surface area (Å²) >= 11 is 0. The van der Waals surface area contributed by atoms with E-state index in [0.717, 1.165) is 24.8 Å². The maximum atomic E-state index is 13.9. The Bertz CT molecular complexity index is 668. The minimum Gasteiger partial charge on any atom is -0.354 e. The molecular formula is C15H13F2N3. The number of rotatable bonds is 2. The van der Waals surface area contributed by atoms with E-state index in [1.807, 2.05) is 18.2 Å². The summed E-state index contributed by atoms with van der Waals surface area (Å²) in [5.41, 5.74) is 1.75. The molecule has 20 heavy (non-hydrogen) atoms. The van der Waals surface area contributed by atoms with Gasteiger partial charge in [-0.3, -0.25) is 4.99 Å². The standard InChI is InChI=1S/C15H13F2N3/c16-10-5-6-11(13(17)9-10)12-3-1-2-4-14(12)20-15-18-7-8-19-15/h1-6,9H,7-8H2,(H2,18,19,20). The van der Waals surface area contributed by atoms with Gasteiger partial charge in [0.05, 0.1) is 6.54 Å². The molecule has 0 atom stereocenters. The van der Waals surface area contributed by atoms with Gasteiger partial charge in [-0.25, -0.2) is 8.78 Å². The average Bonchev–Trinajstić information content (AvgIpc) is 2.93. The minimum atomic E-state index is -0.585. The first-order valence-electron chi connectivity index (χ1n) is 6.34. The van der Waals surface area contributed by atoms with E-state index in [4.69, 9.17) is 0 Å². The van der Waals surface area contributed by atoms with Crippen LogP contribution in [0.25, 0.3) is 11.1 Å². The van der Waals surface area contributed by atoms with Gasteiger partial charge in [-0.05, 0) is 18.2 Å². The second-order valence-electron chi connectivity index (χ2n) is 4.45. The zero-order valence-corrected chi connectivity index (χ0v) is 10.7. The zero-order valence-electron chi connectivity index (χ0n) is 10.7. The highest BCUT2D eigenvalue weighted by Gasteiger charge is 2.12. The Morgan fingerprint density at radius 3 is 2.65 bits per heavy atom. The van der Waals surface area contributed by atoms with Crippen LogP contribution in [-0.4, -0.2) is 19.0 Å². The highest BCUT2D eigenvalue weighted by molar-refractivity contribution is 5.98. The lowest BCUT2D eigenvalue weighted by Crippen LogP contribution is -2.26. The normalized spacial score (nSPS) is 13.8. The number of hydrogen-bond donors (Lipinski definition) is 2. The van der Waals surface area contributed by atoms with Crippen molar-refractivity contribution < 1.29 is 8.78 Å². The number of benzene rings is 2. The Morgan fingerprint density at radius 1 is 1.05 bits per heavy atom. The van der Waals surface area contributed by atoms with Crippen molar-refractivity contribution in [3.8, 4) is 11.1 Å². The monoisotopic (exact) mass is 273 g/mol. The smallest absolute Gasteiger partial charge is 0.195 e. The molecule has 0 spiro atoms. The molecule has 0 radical (unpaired) electrons. The van der Waals surface area contributed by atoms with Crippen LogP contribution < -0.4 is 10.6 Å². The summed E-state index contributed by atoms with van der Waals surface area (Å²) in [6.45, 7) is 1.50. The van der Waals surface area contributed by atoms with E-state index in [1.54, 1.807) is 6.07 Å². The fraction of sp³-hybridized carbons (Fsp3) is 0.133. The van der Waals surface area contributed by atoms with Crippen LogP contribution in [0.5, 0.6) is 0 Å². The molecule has 0 saturated heterocycles. The van der Waals surface area contributed by atoms with Gasteiger partial charge in [0.25, 0.3) is 0 Å². The molecule has 3 rings (SSSR count). The van der Waals surface area contributed by atoms with Crippen molar-refractivity contribution in [1.82, 2.24) is 5.32 Å². The highest BCUT2D eigenvalue weighted by Crippen LogP contribution is 2.30. The van der Waals surface area contributed by atoms with Crippen LogP contribution in [0.1, 0.15) is 0 Å². The number of hydrogen-bond acceptors (Lipinski definition) is 3. The second kappa shape index (κ2) is 5.28. The summed E-state index contributed by atoms with van der Waals surface area (Å²) < 4.78 is 26.9. The largest absolute Gasteiger partial charge is 0.354 e. The Balaban J connectivity index is 2.00. The molecule has 0 saturated carbocycles. The number of aliphatic imine (C=N–C) groups is 1. The molecule has 1 aliphatic rings. The summed E-state index contributed by atoms with van der Waals surface area (Å²) in [6, 6.07) is 10.9. The number of guanidine groups is 1. The predicted molar refractivity (Wildman–Crippen MR) is 75.7 cm³/mol. The predicted octanol–water partition coefficient (Wildman–Crippen LogP) is 3.00. The molecular weight excluding hydrogens is 260 g/mol. The molecule has 2 aromatic rings. The molecule has 0 amide bonds. The van der Waals surface area contributed by atoms with E-state index in [-0.39, 0.29) is 0 Å². The van der Waals surface area contributed by atoms with Crippen LogP contribution in [0.2, 0.25) is 0 Å². The van der Waals surface area contributed by atoms with Crippen LogP contribution in [-0.2, 0) is 0 Å². The SMILES string of the molecule is Fc1ccc(-c2ccccc2NC2=NCCN2)c(F)c1. The number of para-hydroxylation sites is 1. The molecule has 3 nitrogen and oxygen atoms in total. The Morgan fingerprint density at radius 2 is 1.90 bits per heavy atom. The van der Waals surface area contributed by atoms with Crippen LogP contribution >= 0.6 is 0 Å². The molecule has 5 heteroatoms. The summed E-state index contributed by atoms with van der Waals surface area (Å²) in [4.78, 5) is 4.24. The number of anilines is 1. The molecule has 0 fully saturated rings. The van der Waals surface area contributed by atoms with Gasteiger partial charge in [0.1, 0.15) is 11.6 Å². The first-order valence-corrected chi connectivity index (χ1v) is 6.34. The fourth-order valence-corrected chi connectivity index (χ4v) is 2.14. The first-order chi connectivity index (χ1) is 9.74. The molecule has 0 aromatic heterocycles. The Labute approximate surface area is 115 Å². The van der Waals surface area contributed by atoms with Crippen molar-refractivity contribution in [2.75, 3.05) is 18.4 Å². The van der Waals surface area contributed by atoms with Crippen LogP contribution in [0.15, 0.2) is 47.5 Å². The van der Waals surface area contributed by atoms with Crippen molar-refractivity contribution in [2.45, 2.75) is 0 Å². The van der Waals surface area contributed by atoms with E-state index in [2.05, 4.69) is 15.6 Å². The van der Waals surface area contributed by atoms with Crippen molar-refractivity contribution >= 4 is 11.6 Å². The summed E-state index contributed by atoms with van der Waals surface area (Å²) in [7, 11) is 0. The second-order valence-corrected chi connectivity index (χ2v) is 4.45. The third kappa shape index (κ3) is 2.47. The molecule has 1 heterocycles. The van der Waals surface area contributed by atoms with Crippen LogP contribution in [0.4, 0.5) is 14.5 Å². The fourth-order valence-electron chi connectivity index (χ4n) is 2.14. The Kier molecular flexibility index (Phi) is 3.33. The highest BCUT2D eigenvalue weighted by atomic mass is 19.1. The van der Waals surface area contributed by atoms with E-state index in [0.29, 0.717) is 17.1 Å². The third-order valence-corrected chi connectivity index (χ3v) is 3.08. The molecule has 1 aliphatic heterocycles. The topological polar surface area (TPSA) is 36.4 Å². The van der Waals surface area contributed by atoms with Crippen LogP contribution in [0.3, 0.4) is 0 Å². The van der Waals surface area contributed by atoms with Gasteiger partial charge >= 0.3 is 0 Å². The zero-order chi connectivity index (χ0) is 13.9. The molecule has 2 aromatic carbocycles.